The van der Waals surface area contributed by atoms with Gasteiger partial charge in [0.2, 0.25) is 0 Å². The quantitative estimate of drug-likeness (QED) is 0.441. The highest BCUT2D eigenvalue weighted by atomic mass is 16.5. The van der Waals surface area contributed by atoms with Gasteiger partial charge in [0, 0.05) is 43.2 Å². The molecule has 0 radical (unpaired) electrons. The third-order valence-corrected chi connectivity index (χ3v) is 5.14. The summed E-state index contributed by atoms with van der Waals surface area (Å²) in [6.45, 7) is 12.2. The largest absolute Gasteiger partial charge is 0.490 e. The van der Waals surface area contributed by atoms with Crippen molar-refractivity contribution in [3.63, 3.8) is 0 Å². The molecule has 0 bridgehead atoms. The Morgan fingerprint density at radius 1 is 1.36 bits per heavy atom. The minimum Gasteiger partial charge on any atom is -0.490 e. The molecule has 2 aliphatic rings. The van der Waals surface area contributed by atoms with Crippen LogP contribution in [0.4, 0.5) is 5.69 Å². The maximum atomic E-state index is 6.09. The van der Waals surface area contributed by atoms with Gasteiger partial charge in [-0.3, -0.25) is 4.99 Å². The van der Waals surface area contributed by atoms with Crippen LogP contribution in [0.3, 0.4) is 0 Å². The number of anilines is 1. The fourth-order valence-corrected chi connectivity index (χ4v) is 3.82. The van der Waals surface area contributed by atoms with E-state index in [4.69, 9.17) is 15.3 Å². The third kappa shape index (κ3) is 5.25. The van der Waals surface area contributed by atoms with Gasteiger partial charge in [0.25, 0.3) is 0 Å². The minimum atomic E-state index is 0.0634. The summed E-state index contributed by atoms with van der Waals surface area (Å²) in [6.07, 6.45) is 5.42. The van der Waals surface area contributed by atoms with Gasteiger partial charge in [-0.1, -0.05) is 13.8 Å². The standard InChI is InChI=1S/C22H34N4O2/c1-16(2)28-21-11-17(26-14-22(3,4)15-26)8-9-19(21)20(25-23)13-24-12-18-7-5-6-10-27-18/h8-9,11,13,16,18H,5-7,10,12,14-15,23H2,1-4H3/b24-13?,25-20+. The molecule has 1 unspecified atom stereocenters. The lowest BCUT2D eigenvalue weighted by atomic mass is 9.84. The topological polar surface area (TPSA) is 72.4 Å². The molecule has 154 valence electrons. The van der Waals surface area contributed by atoms with Crippen LogP contribution >= 0.6 is 0 Å². The zero-order chi connectivity index (χ0) is 20.1. The average molecular weight is 387 g/mol. The van der Waals surface area contributed by atoms with E-state index >= 15 is 0 Å². The van der Waals surface area contributed by atoms with E-state index < -0.39 is 0 Å². The van der Waals surface area contributed by atoms with Gasteiger partial charge in [-0.2, -0.15) is 5.10 Å². The van der Waals surface area contributed by atoms with Crippen molar-refractivity contribution in [2.45, 2.75) is 59.2 Å². The van der Waals surface area contributed by atoms with Crippen molar-refractivity contribution in [2.75, 3.05) is 31.1 Å². The monoisotopic (exact) mass is 386 g/mol. The molecule has 3 rings (SSSR count). The van der Waals surface area contributed by atoms with Crippen molar-refractivity contribution in [1.82, 2.24) is 0 Å². The van der Waals surface area contributed by atoms with Crippen LogP contribution in [0.25, 0.3) is 0 Å². The summed E-state index contributed by atoms with van der Waals surface area (Å²) < 4.78 is 11.8. The van der Waals surface area contributed by atoms with Crippen LogP contribution in [-0.2, 0) is 4.74 Å². The van der Waals surface area contributed by atoms with Gasteiger partial charge in [-0.25, -0.2) is 0 Å². The van der Waals surface area contributed by atoms with Crippen LogP contribution in [0.5, 0.6) is 5.75 Å². The van der Waals surface area contributed by atoms with Gasteiger partial charge in [-0.15, -0.1) is 0 Å². The first-order chi connectivity index (χ1) is 13.4. The number of rotatable bonds is 7. The number of benzene rings is 1. The van der Waals surface area contributed by atoms with Crippen LogP contribution in [-0.4, -0.2) is 50.4 Å². The van der Waals surface area contributed by atoms with Crippen molar-refractivity contribution < 1.29 is 9.47 Å². The highest BCUT2D eigenvalue weighted by Gasteiger charge is 2.34. The number of nitrogens with zero attached hydrogens (tertiary/aromatic N) is 3. The van der Waals surface area contributed by atoms with Crippen molar-refractivity contribution >= 4 is 17.6 Å². The van der Waals surface area contributed by atoms with Gasteiger partial charge < -0.3 is 20.2 Å². The third-order valence-electron chi connectivity index (χ3n) is 5.14. The molecule has 2 saturated heterocycles. The molecule has 2 fully saturated rings. The van der Waals surface area contributed by atoms with Crippen molar-refractivity contribution in [1.29, 1.82) is 0 Å². The Kier molecular flexibility index (Phi) is 6.60. The first kappa shape index (κ1) is 20.6. The fourth-order valence-electron chi connectivity index (χ4n) is 3.82. The van der Waals surface area contributed by atoms with Crippen molar-refractivity contribution in [3.05, 3.63) is 23.8 Å². The predicted molar refractivity (Wildman–Crippen MR) is 116 cm³/mol. The molecule has 6 heteroatoms. The Bertz CT molecular complexity index is 713. The molecule has 0 saturated carbocycles. The van der Waals surface area contributed by atoms with Crippen LogP contribution < -0.4 is 15.5 Å². The van der Waals surface area contributed by atoms with Gasteiger partial charge in [0.05, 0.1) is 18.8 Å². The summed E-state index contributed by atoms with van der Waals surface area (Å²) in [6, 6.07) is 6.24. The molecule has 0 amide bonds. The second-order valence-electron chi connectivity index (χ2n) is 8.86. The first-order valence-electron chi connectivity index (χ1n) is 10.3. The van der Waals surface area contributed by atoms with Crippen molar-refractivity contribution in [2.24, 2.45) is 21.4 Å². The molecular weight excluding hydrogens is 352 g/mol. The summed E-state index contributed by atoms with van der Waals surface area (Å²) in [5.41, 5.74) is 3.03. The Balaban J connectivity index is 1.75. The van der Waals surface area contributed by atoms with Gasteiger partial charge >= 0.3 is 0 Å². The Hall–Kier alpha value is -2.08. The van der Waals surface area contributed by atoms with Crippen molar-refractivity contribution in [3.8, 4) is 5.75 Å². The number of hydrogen-bond acceptors (Lipinski definition) is 6. The number of hydrazone groups is 1. The lowest BCUT2D eigenvalue weighted by Gasteiger charge is -2.47. The lowest BCUT2D eigenvalue weighted by Crippen LogP contribution is -2.53. The summed E-state index contributed by atoms with van der Waals surface area (Å²) in [5.74, 6) is 6.49. The van der Waals surface area contributed by atoms with Crippen LogP contribution in [0.1, 0.15) is 52.5 Å². The maximum absolute atomic E-state index is 6.09. The Morgan fingerprint density at radius 2 is 2.14 bits per heavy atom. The zero-order valence-electron chi connectivity index (χ0n) is 17.6. The highest BCUT2D eigenvalue weighted by molar-refractivity contribution is 6.39. The molecule has 2 N–H and O–H groups in total. The molecule has 0 spiro atoms. The van der Waals surface area contributed by atoms with Gasteiger partial charge in [-0.05, 0) is 50.7 Å². The maximum Gasteiger partial charge on any atom is 0.131 e. The lowest BCUT2D eigenvalue weighted by molar-refractivity contribution is 0.0226. The summed E-state index contributed by atoms with van der Waals surface area (Å²) in [5, 5.41) is 3.97. The first-order valence-corrected chi connectivity index (χ1v) is 10.3. The molecule has 0 aromatic heterocycles. The van der Waals surface area contributed by atoms with Crippen LogP contribution in [0.2, 0.25) is 0 Å². The van der Waals surface area contributed by atoms with Gasteiger partial charge in [0.1, 0.15) is 11.5 Å². The molecule has 28 heavy (non-hydrogen) atoms. The second-order valence-corrected chi connectivity index (χ2v) is 8.86. The number of nitrogens with two attached hydrogens (primary N) is 1. The number of hydrogen-bond donors (Lipinski definition) is 1. The second kappa shape index (κ2) is 8.95. The molecule has 6 nitrogen and oxygen atoms in total. The van der Waals surface area contributed by atoms with Gasteiger partial charge in [0.15, 0.2) is 0 Å². The SMILES string of the molecule is CC(C)Oc1cc(N2CC(C)(C)C2)ccc1/C(C=NCC1CCCCO1)=N/N. The molecule has 2 aliphatic heterocycles. The number of aliphatic imine (C=N–C) groups is 1. The van der Waals surface area contributed by atoms with E-state index in [-0.39, 0.29) is 12.2 Å². The molecule has 1 aromatic carbocycles. The molecule has 1 aromatic rings. The van der Waals surface area contributed by atoms with E-state index in [1.165, 1.54) is 12.1 Å². The highest BCUT2D eigenvalue weighted by Crippen LogP contribution is 2.36. The molecule has 1 atom stereocenters. The predicted octanol–water partition coefficient (Wildman–Crippen LogP) is 3.62. The summed E-state index contributed by atoms with van der Waals surface area (Å²) >= 11 is 0. The molecular formula is C22H34N4O2. The molecule has 2 heterocycles. The van der Waals surface area contributed by atoms with E-state index in [9.17, 15) is 0 Å². The smallest absolute Gasteiger partial charge is 0.131 e. The summed E-state index contributed by atoms with van der Waals surface area (Å²) in [7, 11) is 0. The fraction of sp³-hybridized carbons (Fsp3) is 0.636. The Morgan fingerprint density at radius 3 is 2.75 bits per heavy atom. The van der Waals surface area contributed by atoms with E-state index in [0.29, 0.717) is 17.7 Å². The normalized spacial score (nSPS) is 22.5. The summed E-state index contributed by atoms with van der Waals surface area (Å²) in [4.78, 5) is 6.91. The van der Waals surface area contributed by atoms with Crippen LogP contribution in [0, 0.1) is 5.41 Å². The average Bonchev–Trinajstić information content (AvgIpc) is 2.64. The van der Waals surface area contributed by atoms with Crippen LogP contribution in [0.15, 0.2) is 28.3 Å². The van der Waals surface area contributed by atoms with E-state index in [1.54, 1.807) is 6.21 Å². The number of ether oxygens (including phenoxy) is 2. The van der Waals surface area contributed by atoms with E-state index in [1.807, 2.05) is 19.9 Å². The van der Waals surface area contributed by atoms with E-state index in [0.717, 1.165) is 43.9 Å². The molecule has 0 aliphatic carbocycles. The zero-order valence-corrected chi connectivity index (χ0v) is 17.6. The van der Waals surface area contributed by atoms with E-state index in [2.05, 4.69) is 41.0 Å². The Labute approximate surface area is 168 Å². The minimum absolute atomic E-state index is 0.0634.